The number of amides is 2. The maximum Gasteiger partial charge on any atom is 0.418 e. The number of nitrogens with zero attached hydrogens (tertiary/aromatic N) is 2. The smallest absolute Gasteiger partial charge is 0.418 e. The molecular weight excluding hydrogens is 442 g/mol. The van der Waals surface area contributed by atoms with E-state index in [1.807, 2.05) is 0 Å². The van der Waals surface area contributed by atoms with Crippen LogP contribution in [0.1, 0.15) is 21.7 Å². The molecule has 4 rings (SSSR count). The van der Waals surface area contributed by atoms with Crippen molar-refractivity contribution in [3.63, 3.8) is 0 Å². The molecule has 2 heterocycles. The molecule has 10 heteroatoms. The number of halogens is 4. The quantitative estimate of drug-likeness (QED) is 0.587. The number of anilines is 1. The first-order chi connectivity index (χ1) is 15.6. The molecule has 0 unspecified atom stereocenters. The van der Waals surface area contributed by atoms with Crippen molar-refractivity contribution < 1.29 is 31.6 Å². The van der Waals surface area contributed by atoms with Gasteiger partial charge in [-0.1, -0.05) is 24.3 Å². The fourth-order valence-electron chi connectivity index (χ4n) is 3.90. The molecule has 174 valence electrons. The molecule has 0 radical (unpaired) electrons. The standard InChI is InChI=1S/C23H21F4N3O3/c1-14-15-5-4-7-17(24)21(15)33-20(14)22(32)30-11-9-29(10-12-30)13-19(31)28-18-8-3-2-6-16(18)23(25,26)27/h2-8H,9-13H2,1H3,(H,28,31). The Hall–Kier alpha value is -3.40. The zero-order chi connectivity index (χ0) is 23.8. The Morgan fingerprint density at radius 1 is 1.03 bits per heavy atom. The Labute approximate surface area is 186 Å². The van der Waals surface area contributed by atoms with Crippen LogP contribution in [-0.2, 0) is 11.0 Å². The molecule has 1 N–H and O–H groups in total. The second-order valence-electron chi connectivity index (χ2n) is 7.83. The van der Waals surface area contributed by atoms with E-state index in [1.165, 1.54) is 24.3 Å². The van der Waals surface area contributed by atoms with Crippen LogP contribution in [0.25, 0.3) is 11.0 Å². The van der Waals surface area contributed by atoms with Crippen molar-refractivity contribution in [2.45, 2.75) is 13.1 Å². The van der Waals surface area contributed by atoms with Crippen LogP contribution in [-0.4, -0.2) is 54.3 Å². The van der Waals surface area contributed by atoms with Crippen molar-refractivity contribution in [2.75, 3.05) is 38.0 Å². The van der Waals surface area contributed by atoms with Crippen LogP contribution < -0.4 is 5.32 Å². The maximum absolute atomic E-state index is 14.0. The summed E-state index contributed by atoms with van der Waals surface area (Å²) in [5.74, 6) is -1.41. The number of aryl methyl sites for hydroxylation is 1. The first kappa shape index (κ1) is 22.8. The largest absolute Gasteiger partial charge is 0.448 e. The molecule has 6 nitrogen and oxygen atoms in total. The summed E-state index contributed by atoms with van der Waals surface area (Å²) in [6, 6.07) is 9.28. The number of piperazine rings is 1. The van der Waals surface area contributed by atoms with Gasteiger partial charge < -0.3 is 14.6 Å². The van der Waals surface area contributed by atoms with Gasteiger partial charge in [-0.3, -0.25) is 14.5 Å². The van der Waals surface area contributed by atoms with Crippen molar-refractivity contribution in [2.24, 2.45) is 0 Å². The topological polar surface area (TPSA) is 65.8 Å². The van der Waals surface area contributed by atoms with Gasteiger partial charge in [0, 0.05) is 37.1 Å². The van der Waals surface area contributed by atoms with Gasteiger partial charge in [0.15, 0.2) is 17.2 Å². The normalized spacial score (nSPS) is 15.1. The van der Waals surface area contributed by atoms with Gasteiger partial charge >= 0.3 is 6.18 Å². The number of fused-ring (bicyclic) bond motifs is 1. The average molecular weight is 463 g/mol. The lowest BCUT2D eigenvalue weighted by Crippen LogP contribution is -2.50. The average Bonchev–Trinajstić information content (AvgIpc) is 3.11. The second-order valence-corrected chi connectivity index (χ2v) is 7.83. The van der Waals surface area contributed by atoms with Gasteiger partial charge in [0.25, 0.3) is 5.91 Å². The molecular formula is C23H21F4N3O3. The predicted molar refractivity (Wildman–Crippen MR) is 113 cm³/mol. The van der Waals surface area contributed by atoms with Crippen LogP contribution >= 0.6 is 0 Å². The minimum Gasteiger partial charge on any atom is -0.448 e. The van der Waals surface area contributed by atoms with Gasteiger partial charge in [0.05, 0.1) is 17.8 Å². The number of nitrogens with one attached hydrogen (secondary N) is 1. The summed E-state index contributed by atoms with van der Waals surface area (Å²) in [5, 5.41) is 2.86. The van der Waals surface area contributed by atoms with Gasteiger partial charge in [-0.05, 0) is 25.1 Å². The van der Waals surface area contributed by atoms with E-state index >= 15 is 0 Å². The Balaban J connectivity index is 1.36. The van der Waals surface area contributed by atoms with Crippen molar-refractivity contribution in [1.82, 2.24) is 9.80 Å². The summed E-state index contributed by atoms with van der Waals surface area (Å²) in [4.78, 5) is 28.5. The number of carbonyl (C=O) groups excluding carboxylic acids is 2. The lowest BCUT2D eigenvalue weighted by atomic mass is 10.1. The molecule has 33 heavy (non-hydrogen) atoms. The van der Waals surface area contributed by atoms with Crippen LogP contribution in [0.2, 0.25) is 0 Å². The summed E-state index contributed by atoms with van der Waals surface area (Å²) in [6.07, 6.45) is -4.58. The number of para-hydroxylation sites is 2. The molecule has 0 saturated carbocycles. The highest BCUT2D eigenvalue weighted by Gasteiger charge is 2.34. The molecule has 3 aromatic rings. The number of rotatable bonds is 4. The third-order valence-electron chi connectivity index (χ3n) is 5.64. The van der Waals surface area contributed by atoms with E-state index in [9.17, 15) is 27.2 Å². The zero-order valence-electron chi connectivity index (χ0n) is 17.7. The Bertz CT molecular complexity index is 1200. The van der Waals surface area contributed by atoms with Crippen molar-refractivity contribution in [3.05, 3.63) is 65.2 Å². The van der Waals surface area contributed by atoms with Gasteiger partial charge in [0.2, 0.25) is 5.91 Å². The van der Waals surface area contributed by atoms with E-state index in [0.29, 0.717) is 37.1 Å². The predicted octanol–water partition coefficient (Wildman–Crippen LogP) is 4.30. The number of alkyl halides is 3. The van der Waals surface area contributed by atoms with E-state index in [4.69, 9.17) is 4.42 Å². The van der Waals surface area contributed by atoms with Crippen LogP contribution in [0.5, 0.6) is 0 Å². The highest BCUT2D eigenvalue weighted by atomic mass is 19.4. The van der Waals surface area contributed by atoms with E-state index in [-0.39, 0.29) is 29.5 Å². The van der Waals surface area contributed by atoms with Crippen LogP contribution in [0.15, 0.2) is 46.9 Å². The molecule has 1 aliphatic rings. The molecule has 0 atom stereocenters. The molecule has 1 fully saturated rings. The third-order valence-corrected chi connectivity index (χ3v) is 5.64. The summed E-state index contributed by atoms with van der Waals surface area (Å²) in [6.45, 7) is 2.89. The van der Waals surface area contributed by atoms with Crippen molar-refractivity contribution in [1.29, 1.82) is 0 Å². The minimum atomic E-state index is -4.58. The fourth-order valence-corrected chi connectivity index (χ4v) is 3.90. The SMILES string of the molecule is Cc1c(C(=O)N2CCN(CC(=O)Nc3ccccc3C(F)(F)F)CC2)oc2c(F)cccc12. The molecule has 1 saturated heterocycles. The number of hydrogen-bond acceptors (Lipinski definition) is 4. The summed E-state index contributed by atoms with van der Waals surface area (Å²) in [5.41, 5.74) is -0.616. The van der Waals surface area contributed by atoms with Gasteiger partial charge in [-0.25, -0.2) is 4.39 Å². The molecule has 2 amide bonds. The molecule has 2 aromatic carbocycles. The summed E-state index contributed by atoms with van der Waals surface area (Å²) in [7, 11) is 0. The number of hydrogen-bond donors (Lipinski definition) is 1. The van der Waals surface area contributed by atoms with E-state index in [0.717, 1.165) is 6.07 Å². The molecule has 1 aliphatic heterocycles. The Kier molecular flexibility index (Phi) is 6.11. The van der Waals surface area contributed by atoms with E-state index in [2.05, 4.69) is 5.32 Å². The number of benzene rings is 2. The van der Waals surface area contributed by atoms with E-state index < -0.39 is 23.5 Å². The first-order valence-electron chi connectivity index (χ1n) is 10.3. The maximum atomic E-state index is 14.0. The van der Waals surface area contributed by atoms with Gasteiger partial charge in [0.1, 0.15) is 0 Å². The first-order valence-corrected chi connectivity index (χ1v) is 10.3. The van der Waals surface area contributed by atoms with Gasteiger partial charge in [-0.15, -0.1) is 0 Å². The monoisotopic (exact) mass is 463 g/mol. The van der Waals surface area contributed by atoms with Gasteiger partial charge in [-0.2, -0.15) is 13.2 Å². The molecule has 0 spiro atoms. The minimum absolute atomic E-state index is 0.0350. The van der Waals surface area contributed by atoms with Crippen molar-refractivity contribution >= 4 is 28.5 Å². The molecule has 1 aromatic heterocycles. The highest BCUT2D eigenvalue weighted by Crippen LogP contribution is 2.34. The highest BCUT2D eigenvalue weighted by molar-refractivity contribution is 5.99. The number of carbonyl (C=O) groups is 2. The lowest BCUT2D eigenvalue weighted by molar-refractivity contribution is -0.137. The summed E-state index contributed by atoms with van der Waals surface area (Å²) < 4.78 is 58.8. The second kappa shape index (κ2) is 8.86. The van der Waals surface area contributed by atoms with E-state index in [1.54, 1.807) is 28.9 Å². The number of furan rings is 1. The zero-order valence-corrected chi connectivity index (χ0v) is 17.7. The van der Waals surface area contributed by atoms with Crippen molar-refractivity contribution in [3.8, 4) is 0 Å². The fraction of sp³-hybridized carbons (Fsp3) is 0.304. The molecule has 0 aliphatic carbocycles. The summed E-state index contributed by atoms with van der Waals surface area (Å²) >= 11 is 0. The Morgan fingerprint density at radius 2 is 1.73 bits per heavy atom. The molecule has 0 bridgehead atoms. The van der Waals surface area contributed by atoms with Crippen LogP contribution in [0.4, 0.5) is 23.2 Å². The van der Waals surface area contributed by atoms with Crippen LogP contribution in [0.3, 0.4) is 0 Å². The lowest BCUT2D eigenvalue weighted by Gasteiger charge is -2.34. The van der Waals surface area contributed by atoms with Crippen LogP contribution in [0, 0.1) is 12.7 Å². The Morgan fingerprint density at radius 3 is 2.39 bits per heavy atom. The third kappa shape index (κ3) is 4.70.